The van der Waals surface area contributed by atoms with E-state index in [-0.39, 0.29) is 0 Å². The number of hydrogen-bond donors (Lipinski definition) is 1. The molecule has 0 aliphatic carbocycles. The van der Waals surface area contributed by atoms with Crippen LogP contribution >= 0.6 is 27.5 Å². The van der Waals surface area contributed by atoms with Gasteiger partial charge in [0.15, 0.2) is 0 Å². The van der Waals surface area contributed by atoms with Crippen LogP contribution in [0.2, 0.25) is 5.02 Å². The Labute approximate surface area is 110 Å². The highest BCUT2D eigenvalue weighted by Gasteiger charge is 2.02. The first-order valence-electron chi connectivity index (χ1n) is 5.51. The van der Waals surface area contributed by atoms with E-state index < -0.39 is 0 Å². The summed E-state index contributed by atoms with van der Waals surface area (Å²) in [6.07, 6.45) is 2.30. The Bertz CT molecular complexity index is 320. The maximum atomic E-state index is 5.98. The van der Waals surface area contributed by atoms with E-state index in [1.807, 2.05) is 18.2 Å². The number of benzene rings is 1. The molecule has 0 bridgehead atoms. The van der Waals surface area contributed by atoms with Crippen molar-refractivity contribution in [2.45, 2.75) is 19.8 Å². The third-order valence-electron chi connectivity index (χ3n) is 2.16. The topological polar surface area (TPSA) is 21.3 Å². The second kappa shape index (κ2) is 7.93. The highest BCUT2D eigenvalue weighted by atomic mass is 79.9. The molecule has 16 heavy (non-hydrogen) atoms. The van der Waals surface area contributed by atoms with Crippen molar-refractivity contribution in [1.82, 2.24) is 0 Å². The van der Waals surface area contributed by atoms with Crippen molar-refractivity contribution in [3.05, 3.63) is 27.7 Å². The lowest BCUT2D eigenvalue weighted by Crippen LogP contribution is -2.10. The molecular formula is C12H17BrClNO. The number of ether oxygens (including phenoxy) is 1. The first kappa shape index (κ1) is 13.8. The minimum atomic E-state index is 0.719. The Balaban J connectivity index is 2.24. The molecule has 1 N–H and O–H groups in total. The zero-order valence-electron chi connectivity index (χ0n) is 9.43. The molecule has 0 atom stereocenters. The lowest BCUT2D eigenvalue weighted by molar-refractivity contribution is 0.141. The smallest absolute Gasteiger partial charge is 0.0639 e. The fourth-order valence-electron chi connectivity index (χ4n) is 1.25. The molecule has 2 nitrogen and oxygen atoms in total. The van der Waals surface area contributed by atoms with Gasteiger partial charge in [0.2, 0.25) is 0 Å². The number of halogens is 2. The van der Waals surface area contributed by atoms with Crippen LogP contribution < -0.4 is 5.32 Å². The zero-order chi connectivity index (χ0) is 11.8. The van der Waals surface area contributed by atoms with Crippen LogP contribution in [0.3, 0.4) is 0 Å². The fraction of sp³-hybridized carbons (Fsp3) is 0.500. The van der Waals surface area contributed by atoms with E-state index in [1.54, 1.807) is 0 Å². The maximum absolute atomic E-state index is 5.98. The Morgan fingerprint density at radius 1 is 1.38 bits per heavy atom. The van der Waals surface area contributed by atoms with Gasteiger partial charge in [-0.3, -0.25) is 0 Å². The molecule has 0 unspecified atom stereocenters. The van der Waals surface area contributed by atoms with Crippen molar-refractivity contribution in [3.8, 4) is 0 Å². The first-order chi connectivity index (χ1) is 7.75. The van der Waals surface area contributed by atoms with Crippen molar-refractivity contribution in [2.75, 3.05) is 25.1 Å². The molecule has 0 fully saturated rings. The van der Waals surface area contributed by atoms with Crippen LogP contribution in [0.15, 0.2) is 22.7 Å². The van der Waals surface area contributed by atoms with E-state index in [0.717, 1.165) is 41.4 Å². The second-order valence-electron chi connectivity index (χ2n) is 3.49. The van der Waals surface area contributed by atoms with Crippen LogP contribution in [0.1, 0.15) is 19.8 Å². The number of hydrogen-bond acceptors (Lipinski definition) is 2. The van der Waals surface area contributed by atoms with Gasteiger partial charge < -0.3 is 10.1 Å². The summed E-state index contributed by atoms with van der Waals surface area (Å²) in [6.45, 7) is 4.52. The molecule has 0 heterocycles. The van der Waals surface area contributed by atoms with Gasteiger partial charge in [-0.2, -0.15) is 0 Å². The first-order valence-corrected chi connectivity index (χ1v) is 6.68. The zero-order valence-corrected chi connectivity index (χ0v) is 11.8. The summed E-state index contributed by atoms with van der Waals surface area (Å²) in [4.78, 5) is 0. The normalized spacial score (nSPS) is 10.4. The van der Waals surface area contributed by atoms with Gasteiger partial charge in [-0.25, -0.2) is 0 Å². The summed E-state index contributed by atoms with van der Waals surface area (Å²) in [7, 11) is 0. The highest BCUT2D eigenvalue weighted by molar-refractivity contribution is 9.10. The van der Waals surface area contributed by atoms with Crippen molar-refractivity contribution >= 4 is 33.2 Å². The van der Waals surface area contributed by atoms with E-state index in [1.165, 1.54) is 6.42 Å². The summed E-state index contributed by atoms with van der Waals surface area (Å²) in [5.41, 5.74) is 1.01. The number of unbranched alkanes of at least 4 members (excludes halogenated alkanes) is 1. The number of rotatable bonds is 7. The summed E-state index contributed by atoms with van der Waals surface area (Å²) in [5, 5.41) is 3.99. The van der Waals surface area contributed by atoms with Gasteiger partial charge in [0.25, 0.3) is 0 Å². The standard InChI is InChI=1S/C12H17BrClNO/c1-2-3-8-16-9-7-15-11-6-4-5-10(14)12(11)13/h4-6,15H,2-3,7-9H2,1H3. The van der Waals surface area contributed by atoms with Crippen LogP contribution in [-0.2, 0) is 4.74 Å². The van der Waals surface area contributed by atoms with Gasteiger partial charge in [-0.05, 0) is 34.5 Å². The van der Waals surface area contributed by atoms with Crippen molar-refractivity contribution < 1.29 is 4.74 Å². The van der Waals surface area contributed by atoms with E-state index in [2.05, 4.69) is 28.2 Å². The second-order valence-corrected chi connectivity index (χ2v) is 4.69. The van der Waals surface area contributed by atoms with Crippen LogP contribution in [0, 0.1) is 0 Å². The lowest BCUT2D eigenvalue weighted by Gasteiger charge is -2.09. The molecule has 0 spiro atoms. The predicted octanol–water partition coefficient (Wildman–Crippen LogP) is 4.33. The minimum absolute atomic E-state index is 0.719. The van der Waals surface area contributed by atoms with Gasteiger partial charge >= 0.3 is 0 Å². The van der Waals surface area contributed by atoms with E-state index in [9.17, 15) is 0 Å². The molecule has 90 valence electrons. The molecule has 1 aromatic rings. The SMILES string of the molecule is CCCCOCCNc1cccc(Cl)c1Br. The van der Waals surface area contributed by atoms with Gasteiger partial charge in [0, 0.05) is 13.2 Å². The van der Waals surface area contributed by atoms with Crippen LogP contribution in [0.5, 0.6) is 0 Å². The Morgan fingerprint density at radius 3 is 2.94 bits per heavy atom. The summed E-state index contributed by atoms with van der Waals surface area (Å²) < 4.78 is 6.36. The quantitative estimate of drug-likeness (QED) is 0.757. The molecule has 1 rings (SSSR count). The summed E-state index contributed by atoms with van der Waals surface area (Å²) in [6, 6.07) is 5.77. The third-order valence-corrected chi connectivity index (χ3v) is 3.55. The summed E-state index contributed by atoms with van der Waals surface area (Å²) >= 11 is 9.42. The molecule has 4 heteroatoms. The largest absolute Gasteiger partial charge is 0.382 e. The average Bonchev–Trinajstić information content (AvgIpc) is 2.29. The molecule has 0 saturated carbocycles. The molecule has 0 radical (unpaired) electrons. The Kier molecular flexibility index (Phi) is 6.85. The van der Waals surface area contributed by atoms with Gasteiger partial charge in [0.1, 0.15) is 0 Å². The van der Waals surface area contributed by atoms with E-state index >= 15 is 0 Å². The molecule has 0 saturated heterocycles. The molecule has 1 aromatic carbocycles. The van der Waals surface area contributed by atoms with Crippen molar-refractivity contribution in [2.24, 2.45) is 0 Å². The van der Waals surface area contributed by atoms with Crippen LogP contribution in [0.25, 0.3) is 0 Å². The third kappa shape index (κ3) is 4.73. The van der Waals surface area contributed by atoms with Crippen molar-refractivity contribution in [3.63, 3.8) is 0 Å². The Hall–Kier alpha value is -0.250. The molecule has 0 aliphatic heterocycles. The number of nitrogens with one attached hydrogen (secondary N) is 1. The average molecular weight is 307 g/mol. The van der Waals surface area contributed by atoms with Crippen molar-refractivity contribution in [1.29, 1.82) is 0 Å². The van der Waals surface area contributed by atoms with Gasteiger partial charge in [-0.1, -0.05) is 31.0 Å². The monoisotopic (exact) mass is 305 g/mol. The number of anilines is 1. The van der Waals surface area contributed by atoms with Gasteiger partial charge in [0.05, 0.1) is 21.8 Å². The fourth-order valence-corrected chi connectivity index (χ4v) is 1.83. The van der Waals surface area contributed by atoms with E-state index in [0.29, 0.717) is 0 Å². The van der Waals surface area contributed by atoms with Gasteiger partial charge in [-0.15, -0.1) is 0 Å². The van der Waals surface area contributed by atoms with Crippen LogP contribution in [0.4, 0.5) is 5.69 Å². The van der Waals surface area contributed by atoms with E-state index in [4.69, 9.17) is 16.3 Å². The molecular weight excluding hydrogens is 289 g/mol. The Morgan fingerprint density at radius 2 is 2.19 bits per heavy atom. The molecule has 0 aliphatic rings. The predicted molar refractivity (Wildman–Crippen MR) is 73.4 cm³/mol. The summed E-state index contributed by atoms with van der Waals surface area (Å²) in [5.74, 6) is 0. The lowest BCUT2D eigenvalue weighted by atomic mass is 10.3. The highest BCUT2D eigenvalue weighted by Crippen LogP contribution is 2.29. The molecule has 0 amide bonds. The maximum Gasteiger partial charge on any atom is 0.0639 e. The van der Waals surface area contributed by atoms with Crippen LogP contribution in [-0.4, -0.2) is 19.8 Å². The minimum Gasteiger partial charge on any atom is -0.382 e. The molecule has 0 aromatic heterocycles.